The van der Waals surface area contributed by atoms with Crippen LogP contribution in [0.3, 0.4) is 0 Å². The molecule has 2 atom stereocenters. The summed E-state index contributed by atoms with van der Waals surface area (Å²) >= 11 is 0. The minimum atomic E-state index is -2.54. The Morgan fingerprint density at radius 2 is 1.29 bits per heavy atom. The third-order valence-corrected chi connectivity index (χ3v) is 6.95. The SMILES string of the molecule is CC(C)c1c(/C=C/CCC(=O)C(C)(O)C(=O)O)c(-c2ccc(F)cc2)c(/C=C/CCC(=O)C(C)(O)C(=O)O)c(=O)n1C. The van der Waals surface area contributed by atoms with E-state index in [2.05, 4.69) is 0 Å². The standard InChI is InChI=1S/C31H36FNO9/c1-18(2)26-21(10-6-8-12-23(34)30(3,41)28(37)38)25(19-14-16-20(32)17-15-19)22(27(36)33(26)5)11-7-9-13-24(35)31(4,42)29(39)40/h6-7,10-11,14-18,41-42H,8-9,12-13H2,1-5H3,(H,37,38)(H,39,40)/b10-6+,11-7+. The van der Waals surface area contributed by atoms with E-state index in [0.717, 1.165) is 13.8 Å². The maximum Gasteiger partial charge on any atom is 0.343 e. The Morgan fingerprint density at radius 3 is 1.69 bits per heavy atom. The minimum absolute atomic E-state index is 0.0248. The highest BCUT2D eigenvalue weighted by molar-refractivity contribution is 6.06. The van der Waals surface area contributed by atoms with Crippen LogP contribution in [0.4, 0.5) is 4.39 Å². The zero-order valence-electron chi connectivity index (χ0n) is 24.2. The molecule has 1 aromatic heterocycles. The molecule has 2 unspecified atom stereocenters. The van der Waals surface area contributed by atoms with Crippen molar-refractivity contribution in [2.45, 2.75) is 70.5 Å². The van der Waals surface area contributed by atoms with E-state index in [0.29, 0.717) is 22.4 Å². The fourth-order valence-corrected chi connectivity index (χ4v) is 4.36. The molecule has 0 bridgehead atoms. The number of allylic oxidation sites excluding steroid dienone is 2. The highest BCUT2D eigenvalue weighted by Gasteiger charge is 2.38. The van der Waals surface area contributed by atoms with Gasteiger partial charge in [-0.15, -0.1) is 0 Å². The van der Waals surface area contributed by atoms with Gasteiger partial charge in [-0.05, 0) is 50.3 Å². The highest BCUT2D eigenvalue weighted by Crippen LogP contribution is 2.34. The number of Topliss-reactive ketones (excluding diaryl/α,β-unsaturated/α-hetero) is 2. The zero-order valence-corrected chi connectivity index (χ0v) is 24.2. The first-order valence-electron chi connectivity index (χ1n) is 13.3. The summed E-state index contributed by atoms with van der Waals surface area (Å²) in [7, 11) is 1.59. The molecule has 0 aliphatic heterocycles. The molecule has 2 rings (SSSR count). The fraction of sp³-hybridized carbons (Fsp3) is 0.387. The number of aliphatic carboxylic acids is 2. The van der Waals surface area contributed by atoms with E-state index in [9.17, 15) is 38.6 Å². The second-order valence-corrected chi connectivity index (χ2v) is 10.6. The number of halogens is 1. The van der Waals surface area contributed by atoms with Crippen LogP contribution in [0.1, 0.15) is 76.1 Å². The van der Waals surface area contributed by atoms with Gasteiger partial charge in [-0.2, -0.15) is 0 Å². The van der Waals surface area contributed by atoms with Gasteiger partial charge in [0.15, 0.2) is 11.6 Å². The quantitative estimate of drug-likeness (QED) is 0.241. The Morgan fingerprint density at radius 1 is 0.857 bits per heavy atom. The van der Waals surface area contributed by atoms with Crippen molar-refractivity contribution in [1.29, 1.82) is 0 Å². The van der Waals surface area contributed by atoms with Crippen LogP contribution >= 0.6 is 0 Å². The number of nitrogens with zero attached hydrogens (tertiary/aromatic N) is 1. The Hall–Kier alpha value is -4.22. The number of rotatable bonds is 14. The number of carbonyl (C=O) groups is 4. The summed E-state index contributed by atoms with van der Waals surface area (Å²) < 4.78 is 15.3. The van der Waals surface area contributed by atoms with Gasteiger partial charge >= 0.3 is 11.9 Å². The molecule has 1 heterocycles. The Bertz CT molecular complexity index is 1480. The van der Waals surface area contributed by atoms with Crippen LogP contribution in [0.2, 0.25) is 0 Å². The number of aliphatic hydroxyl groups is 2. The molecular formula is C31H36FNO9. The van der Waals surface area contributed by atoms with E-state index >= 15 is 0 Å². The van der Waals surface area contributed by atoms with Crippen LogP contribution in [-0.2, 0) is 26.2 Å². The number of aromatic nitrogens is 1. The third-order valence-electron chi connectivity index (χ3n) is 6.95. The van der Waals surface area contributed by atoms with Crippen molar-refractivity contribution in [3.8, 4) is 11.1 Å². The van der Waals surface area contributed by atoms with Crippen molar-refractivity contribution in [3.63, 3.8) is 0 Å². The topological polar surface area (TPSA) is 171 Å². The molecule has 0 spiro atoms. The van der Waals surface area contributed by atoms with E-state index in [1.807, 2.05) is 13.8 Å². The molecule has 0 radical (unpaired) electrons. The maximum absolute atomic E-state index is 13.8. The summed E-state index contributed by atoms with van der Waals surface area (Å²) in [6.45, 7) is 5.56. The number of hydrogen-bond donors (Lipinski definition) is 4. The summed E-state index contributed by atoms with van der Waals surface area (Å²) in [4.78, 5) is 60.3. The highest BCUT2D eigenvalue weighted by atomic mass is 19.1. The van der Waals surface area contributed by atoms with Crippen LogP contribution in [0.25, 0.3) is 23.3 Å². The molecule has 2 aromatic rings. The largest absolute Gasteiger partial charge is 0.479 e. The Kier molecular flexibility index (Phi) is 11.0. The average molecular weight is 586 g/mol. The Balaban J connectivity index is 2.63. The molecule has 0 amide bonds. The molecule has 1 aromatic carbocycles. The molecule has 0 aliphatic carbocycles. The molecule has 42 heavy (non-hydrogen) atoms. The Labute approximate surface area is 242 Å². The van der Waals surface area contributed by atoms with Gasteiger partial charge in [0.2, 0.25) is 11.2 Å². The molecule has 0 fully saturated rings. The van der Waals surface area contributed by atoms with Crippen LogP contribution in [0.5, 0.6) is 0 Å². The van der Waals surface area contributed by atoms with Gasteiger partial charge in [-0.1, -0.05) is 50.3 Å². The van der Waals surface area contributed by atoms with Gasteiger partial charge < -0.3 is 25.0 Å². The van der Waals surface area contributed by atoms with E-state index in [-0.39, 0.29) is 42.7 Å². The molecule has 0 saturated carbocycles. The molecule has 226 valence electrons. The van der Waals surface area contributed by atoms with Gasteiger partial charge in [-0.25, -0.2) is 14.0 Å². The van der Waals surface area contributed by atoms with E-state index < -0.39 is 40.5 Å². The monoisotopic (exact) mass is 585 g/mol. The molecule has 11 heteroatoms. The van der Waals surface area contributed by atoms with Crippen LogP contribution in [0.15, 0.2) is 41.2 Å². The van der Waals surface area contributed by atoms with Gasteiger partial charge in [0, 0.05) is 42.3 Å². The smallest absolute Gasteiger partial charge is 0.343 e. The van der Waals surface area contributed by atoms with Crippen molar-refractivity contribution >= 4 is 35.7 Å². The van der Waals surface area contributed by atoms with Gasteiger partial charge in [0.05, 0.1) is 0 Å². The van der Waals surface area contributed by atoms with Crippen molar-refractivity contribution in [2.24, 2.45) is 7.05 Å². The molecule has 4 N–H and O–H groups in total. The van der Waals surface area contributed by atoms with Gasteiger partial charge in [-0.3, -0.25) is 14.4 Å². The summed E-state index contributed by atoms with van der Waals surface area (Å²) in [5.74, 6) is -5.75. The summed E-state index contributed by atoms with van der Waals surface area (Å²) in [5, 5.41) is 37.9. The van der Waals surface area contributed by atoms with Gasteiger partial charge in [0.25, 0.3) is 5.56 Å². The van der Waals surface area contributed by atoms with Gasteiger partial charge in [0.1, 0.15) is 5.82 Å². The number of carboxylic acid groups (broad SMARTS) is 2. The number of hydrogen-bond acceptors (Lipinski definition) is 7. The lowest BCUT2D eigenvalue weighted by Gasteiger charge is -2.22. The van der Waals surface area contributed by atoms with E-state index in [4.69, 9.17) is 10.2 Å². The second-order valence-electron chi connectivity index (χ2n) is 10.6. The van der Waals surface area contributed by atoms with Crippen molar-refractivity contribution < 1.29 is 44.0 Å². The number of carboxylic acids is 2. The molecule has 10 nitrogen and oxygen atoms in total. The van der Waals surface area contributed by atoms with E-state index in [1.54, 1.807) is 19.2 Å². The zero-order chi connectivity index (χ0) is 32.0. The lowest BCUT2D eigenvalue weighted by molar-refractivity contribution is -0.164. The lowest BCUT2D eigenvalue weighted by atomic mass is 9.89. The first-order chi connectivity index (χ1) is 19.4. The first kappa shape index (κ1) is 34.0. The number of benzene rings is 1. The van der Waals surface area contributed by atoms with Crippen molar-refractivity contribution in [2.75, 3.05) is 0 Å². The summed E-state index contributed by atoms with van der Waals surface area (Å²) in [6.07, 6.45) is 5.85. The van der Waals surface area contributed by atoms with E-state index in [1.165, 1.54) is 41.0 Å². The van der Waals surface area contributed by atoms with Crippen molar-refractivity contribution in [1.82, 2.24) is 4.57 Å². The van der Waals surface area contributed by atoms with Crippen LogP contribution < -0.4 is 5.56 Å². The van der Waals surface area contributed by atoms with Crippen LogP contribution in [-0.4, -0.2) is 59.7 Å². The third kappa shape index (κ3) is 7.54. The summed E-state index contributed by atoms with van der Waals surface area (Å²) in [5.41, 5.74) is -3.08. The summed E-state index contributed by atoms with van der Waals surface area (Å²) in [6, 6.07) is 5.48. The molecular weight excluding hydrogens is 549 g/mol. The first-order valence-corrected chi connectivity index (χ1v) is 13.3. The number of ketones is 2. The normalized spacial score (nSPS) is 14.7. The number of pyridine rings is 1. The molecule has 0 aliphatic rings. The molecule has 0 saturated heterocycles. The second kappa shape index (κ2) is 13.6. The fourth-order valence-electron chi connectivity index (χ4n) is 4.36. The maximum atomic E-state index is 13.8. The average Bonchev–Trinajstić information content (AvgIpc) is 2.91. The predicted octanol–water partition coefficient (Wildman–Crippen LogP) is 3.71. The lowest BCUT2D eigenvalue weighted by Crippen LogP contribution is -2.43. The predicted molar refractivity (Wildman–Crippen MR) is 154 cm³/mol. The number of carbonyl (C=O) groups excluding carboxylic acids is 2. The minimum Gasteiger partial charge on any atom is -0.479 e. The van der Waals surface area contributed by atoms with Crippen LogP contribution in [0, 0.1) is 5.82 Å². The van der Waals surface area contributed by atoms with Crippen molar-refractivity contribution in [3.05, 3.63) is 69.4 Å².